The smallest absolute Gasteiger partial charge is 0.413 e. The third kappa shape index (κ3) is 9.36. The lowest BCUT2D eigenvalue weighted by Crippen LogP contribution is -2.70. The van der Waals surface area contributed by atoms with Crippen LogP contribution >= 0.6 is 0 Å². The Hall–Kier alpha value is -4.10. The summed E-state index contributed by atoms with van der Waals surface area (Å²) in [5.74, 6) is 1.21. The largest absolute Gasteiger partial charge is 0.496 e. The Bertz CT molecular complexity index is 1810. The molecule has 2 amide bonds. The molecule has 1 fully saturated rings. The van der Waals surface area contributed by atoms with Crippen molar-refractivity contribution in [1.29, 1.82) is 0 Å². The molecule has 0 spiro atoms. The Labute approximate surface area is 334 Å². The van der Waals surface area contributed by atoms with E-state index in [1.807, 2.05) is 67.6 Å². The molecule has 0 unspecified atom stereocenters. The van der Waals surface area contributed by atoms with Gasteiger partial charge >= 0.3 is 6.09 Å². The number of ether oxygens (including phenoxy) is 5. The van der Waals surface area contributed by atoms with Crippen LogP contribution in [0, 0.1) is 6.92 Å². The van der Waals surface area contributed by atoms with Gasteiger partial charge in [-0.15, -0.1) is 0 Å². The van der Waals surface area contributed by atoms with Crippen molar-refractivity contribution in [3.63, 3.8) is 0 Å². The maximum Gasteiger partial charge on any atom is 0.413 e. The number of rotatable bonds is 14. The highest BCUT2D eigenvalue weighted by atomic mass is 28.4. The van der Waals surface area contributed by atoms with Crippen molar-refractivity contribution >= 4 is 20.3 Å². The summed E-state index contributed by atoms with van der Waals surface area (Å²) in [6.45, 7) is 19.2. The number of hydrogen-bond donors (Lipinski definition) is 1. The normalized spacial score (nSPS) is 20.0. The van der Waals surface area contributed by atoms with Crippen LogP contribution < -0.4 is 14.2 Å². The van der Waals surface area contributed by atoms with Crippen LogP contribution in [0.1, 0.15) is 88.2 Å². The number of hydrogen-bond acceptors (Lipinski definition) is 9. The molecule has 1 N–H and O–H groups in total. The molecule has 56 heavy (non-hydrogen) atoms. The first-order valence-electron chi connectivity index (χ1n) is 19.6. The van der Waals surface area contributed by atoms with Crippen molar-refractivity contribution in [2.24, 2.45) is 0 Å². The summed E-state index contributed by atoms with van der Waals surface area (Å²) >= 11 is 0. The van der Waals surface area contributed by atoms with Gasteiger partial charge in [-0.05, 0) is 69.8 Å². The van der Waals surface area contributed by atoms with E-state index in [1.54, 1.807) is 39.9 Å². The summed E-state index contributed by atoms with van der Waals surface area (Å²) in [6.07, 6.45) is -1.23. The van der Waals surface area contributed by atoms with Gasteiger partial charge in [0.15, 0.2) is 26.0 Å². The molecule has 2 aliphatic heterocycles. The zero-order valence-electron chi connectivity index (χ0n) is 35.1. The van der Waals surface area contributed by atoms with Crippen molar-refractivity contribution in [2.75, 3.05) is 27.4 Å². The highest BCUT2D eigenvalue weighted by Gasteiger charge is 2.55. The number of amides is 2. The summed E-state index contributed by atoms with van der Waals surface area (Å²) in [4.78, 5) is 32.2. The predicted octanol–water partition coefficient (Wildman–Crippen LogP) is 8.34. The van der Waals surface area contributed by atoms with Crippen molar-refractivity contribution in [2.45, 2.75) is 129 Å². The average Bonchev–Trinajstić information content (AvgIpc) is 3.13. The Balaban J connectivity index is 1.62. The first-order valence-corrected chi connectivity index (χ1v) is 22.5. The number of aliphatic hydroxyl groups excluding tert-OH is 1. The van der Waals surface area contributed by atoms with Crippen LogP contribution in [0.15, 0.2) is 60.7 Å². The molecule has 4 atom stereocenters. The SMILES string of the molecule is COc1c(C)c(OC)c(OCc2ccccc2)c2c1C[C@H]1[C@H](O)N(C(=O)OC(C)(C)C)[C@@H](CCCO[Si](C)(C)C(C)(C)C)C(=O)N1[C@H]2COCc1ccccc1. The number of nitrogens with zero attached hydrogens (tertiary/aromatic N) is 2. The second-order valence-electron chi connectivity index (χ2n) is 17.3. The van der Waals surface area contributed by atoms with Gasteiger partial charge in [0.1, 0.15) is 24.0 Å². The zero-order chi connectivity index (χ0) is 41.0. The second kappa shape index (κ2) is 17.6. The van der Waals surface area contributed by atoms with Gasteiger partial charge in [0.05, 0.1) is 39.5 Å². The van der Waals surface area contributed by atoms with E-state index in [-0.39, 0.29) is 37.0 Å². The van der Waals surface area contributed by atoms with Gasteiger partial charge in [-0.2, -0.15) is 0 Å². The molecule has 0 saturated carbocycles. The number of fused-ring (bicyclic) bond motifs is 2. The van der Waals surface area contributed by atoms with Gasteiger partial charge in [-0.3, -0.25) is 9.69 Å². The van der Waals surface area contributed by atoms with Gasteiger partial charge < -0.3 is 38.1 Å². The molecule has 0 aliphatic carbocycles. The topological polar surface area (TPSA) is 116 Å². The summed E-state index contributed by atoms with van der Waals surface area (Å²) in [5, 5.41) is 12.4. The Kier molecular flexibility index (Phi) is 13.5. The third-order valence-corrected chi connectivity index (χ3v) is 15.7. The van der Waals surface area contributed by atoms with Crippen LogP contribution in [0.3, 0.4) is 0 Å². The fraction of sp³-hybridized carbons (Fsp3) is 0.545. The van der Waals surface area contributed by atoms with Gasteiger partial charge in [-0.1, -0.05) is 81.4 Å². The van der Waals surface area contributed by atoms with E-state index in [9.17, 15) is 9.90 Å². The first-order chi connectivity index (χ1) is 26.4. The van der Waals surface area contributed by atoms with E-state index in [0.29, 0.717) is 42.4 Å². The van der Waals surface area contributed by atoms with Crippen LogP contribution in [0.2, 0.25) is 18.1 Å². The van der Waals surface area contributed by atoms with Gasteiger partial charge in [0.25, 0.3) is 0 Å². The standard InChI is InChI=1S/C44H62N2O9Si/c1-29-37(50-8)32-25-34-41(48)46(42(49)55-43(2,3)4)33(23-18-24-54-56(10,11)44(5,6)7)40(47)45(34)35(28-52-26-30-19-14-12-15-20-30)36(32)39(38(29)51-9)53-27-31-21-16-13-17-22-31/h12-17,19-22,33-35,41,48H,18,23-28H2,1-11H3/t33-,34-,35-,41-/m0/s1. The van der Waals surface area contributed by atoms with E-state index in [4.69, 9.17) is 28.1 Å². The van der Waals surface area contributed by atoms with Crippen LogP contribution in [-0.4, -0.2) is 86.6 Å². The van der Waals surface area contributed by atoms with E-state index in [0.717, 1.165) is 22.3 Å². The van der Waals surface area contributed by atoms with Crippen LogP contribution in [0.4, 0.5) is 4.79 Å². The van der Waals surface area contributed by atoms with E-state index in [2.05, 4.69) is 33.9 Å². The molecule has 5 rings (SSSR count). The number of carbonyl (C=O) groups excluding carboxylic acids is 2. The average molecular weight is 791 g/mol. The molecular weight excluding hydrogens is 729 g/mol. The number of carbonyl (C=O) groups is 2. The quantitative estimate of drug-likeness (QED) is 0.127. The molecule has 11 nitrogen and oxygen atoms in total. The minimum atomic E-state index is -2.08. The summed E-state index contributed by atoms with van der Waals surface area (Å²) in [5.41, 5.74) is 3.23. The highest BCUT2D eigenvalue weighted by molar-refractivity contribution is 6.74. The molecule has 0 aromatic heterocycles. The molecule has 3 aromatic carbocycles. The van der Waals surface area contributed by atoms with Gasteiger partial charge in [0.2, 0.25) is 5.91 Å². The lowest BCUT2D eigenvalue weighted by Gasteiger charge is -2.54. The molecule has 0 bridgehead atoms. The second-order valence-corrected chi connectivity index (χ2v) is 22.1. The van der Waals surface area contributed by atoms with Crippen LogP contribution in [0.25, 0.3) is 0 Å². The molecule has 306 valence electrons. The van der Waals surface area contributed by atoms with Gasteiger partial charge in [-0.25, -0.2) is 4.79 Å². The Morgan fingerprint density at radius 3 is 2.00 bits per heavy atom. The summed E-state index contributed by atoms with van der Waals surface area (Å²) < 4.78 is 37.6. The summed E-state index contributed by atoms with van der Waals surface area (Å²) in [7, 11) is 1.10. The van der Waals surface area contributed by atoms with E-state index < -0.39 is 44.4 Å². The summed E-state index contributed by atoms with van der Waals surface area (Å²) in [6, 6.07) is 17.0. The van der Waals surface area contributed by atoms with E-state index >= 15 is 4.79 Å². The molecule has 0 radical (unpaired) electrons. The third-order valence-electron chi connectivity index (χ3n) is 11.2. The maximum atomic E-state index is 15.2. The lowest BCUT2D eigenvalue weighted by atomic mass is 9.82. The van der Waals surface area contributed by atoms with Crippen molar-refractivity contribution in [3.8, 4) is 17.2 Å². The maximum absolute atomic E-state index is 15.2. The zero-order valence-corrected chi connectivity index (χ0v) is 36.1. The molecule has 3 aromatic rings. The minimum absolute atomic E-state index is 0.00848. The predicted molar refractivity (Wildman–Crippen MR) is 218 cm³/mol. The van der Waals surface area contributed by atoms with Crippen molar-refractivity contribution in [1.82, 2.24) is 9.80 Å². The molecule has 2 heterocycles. The minimum Gasteiger partial charge on any atom is -0.496 e. The fourth-order valence-electron chi connectivity index (χ4n) is 7.40. The van der Waals surface area contributed by atoms with Crippen LogP contribution in [0.5, 0.6) is 17.2 Å². The highest BCUT2D eigenvalue weighted by Crippen LogP contribution is 2.52. The number of benzene rings is 3. The van der Waals surface area contributed by atoms with Gasteiger partial charge in [0, 0.05) is 29.7 Å². The monoisotopic (exact) mass is 790 g/mol. The van der Waals surface area contributed by atoms with Crippen LogP contribution in [-0.2, 0) is 38.3 Å². The molecular formula is C44H62N2O9Si. The lowest BCUT2D eigenvalue weighted by molar-refractivity contribution is -0.177. The number of piperazine rings is 1. The van der Waals surface area contributed by atoms with E-state index in [1.165, 1.54) is 4.90 Å². The molecule has 1 saturated heterocycles. The number of methoxy groups -OCH3 is 2. The Morgan fingerprint density at radius 2 is 1.45 bits per heavy atom. The van der Waals surface area contributed by atoms with Crippen molar-refractivity contribution in [3.05, 3.63) is 88.5 Å². The van der Waals surface area contributed by atoms with Crippen molar-refractivity contribution < 1.29 is 42.8 Å². The first kappa shape index (κ1) is 43.0. The molecule has 2 aliphatic rings. The Morgan fingerprint density at radius 1 is 0.857 bits per heavy atom. The number of aliphatic hydroxyl groups is 1. The molecule has 12 heteroatoms. The fourth-order valence-corrected chi connectivity index (χ4v) is 8.48.